The summed E-state index contributed by atoms with van der Waals surface area (Å²) in [5.41, 5.74) is 3.13. The number of carbonyl (C=O) groups is 1. The fourth-order valence-corrected chi connectivity index (χ4v) is 2.54. The van der Waals surface area contributed by atoms with Gasteiger partial charge in [0.15, 0.2) is 0 Å². The van der Waals surface area contributed by atoms with Crippen LogP contribution in [0.4, 0.5) is 0 Å². The molecule has 0 spiro atoms. The quantitative estimate of drug-likeness (QED) is 0.664. The molecule has 2 aromatic carbocycles. The van der Waals surface area contributed by atoms with Crippen LogP contribution in [0.3, 0.4) is 0 Å². The lowest BCUT2D eigenvalue weighted by atomic mass is 10.2. The van der Waals surface area contributed by atoms with Gasteiger partial charge < -0.3 is 9.30 Å². The number of aldehydes is 1. The van der Waals surface area contributed by atoms with Crippen LogP contribution in [0.15, 0.2) is 54.6 Å². The van der Waals surface area contributed by atoms with Crippen LogP contribution < -0.4 is 4.74 Å². The zero-order valence-corrected chi connectivity index (χ0v) is 12.0. The number of hydrogen-bond acceptors (Lipinski definition) is 2. The molecular formula is C18H17NO2. The highest BCUT2D eigenvalue weighted by molar-refractivity contribution is 5.81. The van der Waals surface area contributed by atoms with Crippen molar-refractivity contribution in [1.82, 2.24) is 4.57 Å². The first-order valence-corrected chi connectivity index (χ1v) is 7.01. The number of rotatable bonds is 5. The first kappa shape index (κ1) is 13.4. The molecule has 0 saturated carbocycles. The van der Waals surface area contributed by atoms with Crippen molar-refractivity contribution >= 4 is 17.2 Å². The zero-order chi connectivity index (χ0) is 14.7. The van der Waals surface area contributed by atoms with E-state index in [-0.39, 0.29) is 0 Å². The van der Waals surface area contributed by atoms with Crippen LogP contribution in [0.5, 0.6) is 5.75 Å². The molecule has 0 atom stereocenters. The normalized spacial score (nSPS) is 10.7. The third-order valence-corrected chi connectivity index (χ3v) is 3.62. The van der Waals surface area contributed by atoms with E-state index in [9.17, 15) is 4.79 Å². The van der Waals surface area contributed by atoms with Gasteiger partial charge in [-0.3, -0.25) is 4.79 Å². The van der Waals surface area contributed by atoms with Gasteiger partial charge in [-0.2, -0.15) is 0 Å². The molecule has 0 aliphatic carbocycles. The second kappa shape index (κ2) is 5.83. The Morgan fingerprint density at radius 2 is 1.86 bits per heavy atom. The third-order valence-electron chi connectivity index (χ3n) is 3.62. The summed E-state index contributed by atoms with van der Waals surface area (Å²) in [5.74, 6) is 0.787. The minimum atomic E-state index is 0.597. The van der Waals surface area contributed by atoms with Crippen molar-refractivity contribution in [2.24, 2.45) is 0 Å². The average molecular weight is 279 g/mol. The number of aromatic nitrogens is 1. The lowest BCUT2D eigenvalue weighted by Crippen LogP contribution is -2.09. The standard InChI is InChI=1S/C18H17NO2/c1-14-12-16-4-2-3-5-18(16)19(14)10-11-21-17-8-6-15(13-20)7-9-17/h2-9,12-13H,10-11H2,1H3. The number of carbonyl (C=O) groups excluding carboxylic acids is 1. The van der Waals surface area contributed by atoms with E-state index in [1.165, 1.54) is 16.6 Å². The molecule has 3 nitrogen and oxygen atoms in total. The maximum atomic E-state index is 10.6. The van der Waals surface area contributed by atoms with Crippen molar-refractivity contribution < 1.29 is 9.53 Å². The van der Waals surface area contributed by atoms with Gasteiger partial charge >= 0.3 is 0 Å². The Balaban J connectivity index is 1.68. The van der Waals surface area contributed by atoms with Crippen molar-refractivity contribution in [1.29, 1.82) is 0 Å². The van der Waals surface area contributed by atoms with Gasteiger partial charge in [0, 0.05) is 16.8 Å². The van der Waals surface area contributed by atoms with Crippen molar-refractivity contribution in [2.45, 2.75) is 13.5 Å². The van der Waals surface area contributed by atoms with E-state index in [4.69, 9.17) is 4.74 Å². The van der Waals surface area contributed by atoms with Crippen LogP contribution in [0.25, 0.3) is 10.9 Å². The summed E-state index contributed by atoms with van der Waals surface area (Å²) in [6.07, 6.45) is 0.832. The topological polar surface area (TPSA) is 31.2 Å². The molecule has 21 heavy (non-hydrogen) atoms. The monoisotopic (exact) mass is 279 g/mol. The van der Waals surface area contributed by atoms with E-state index in [0.717, 1.165) is 18.6 Å². The number of benzene rings is 2. The second-order valence-electron chi connectivity index (χ2n) is 5.03. The molecule has 1 heterocycles. The Kier molecular flexibility index (Phi) is 3.73. The van der Waals surface area contributed by atoms with Gasteiger partial charge in [-0.25, -0.2) is 0 Å². The van der Waals surface area contributed by atoms with Crippen molar-refractivity contribution in [3.05, 3.63) is 65.9 Å². The molecule has 0 bridgehead atoms. The predicted octanol–water partition coefficient (Wildman–Crippen LogP) is 3.84. The maximum Gasteiger partial charge on any atom is 0.150 e. The lowest BCUT2D eigenvalue weighted by molar-refractivity contribution is 0.112. The molecule has 106 valence electrons. The van der Waals surface area contributed by atoms with Crippen molar-refractivity contribution in [3.8, 4) is 5.75 Å². The van der Waals surface area contributed by atoms with Crippen molar-refractivity contribution in [2.75, 3.05) is 6.61 Å². The maximum absolute atomic E-state index is 10.6. The van der Waals surface area contributed by atoms with Crippen LogP contribution in [0.1, 0.15) is 16.1 Å². The Hall–Kier alpha value is -2.55. The number of nitrogens with zero attached hydrogens (tertiary/aromatic N) is 1. The molecule has 3 heteroatoms. The molecule has 0 N–H and O–H groups in total. The van der Waals surface area contributed by atoms with E-state index in [1.807, 2.05) is 12.1 Å². The van der Waals surface area contributed by atoms with Crippen LogP contribution in [0, 0.1) is 6.92 Å². The Morgan fingerprint density at radius 3 is 2.62 bits per heavy atom. The molecule has 0 aliphatic heterocycles. The van der Waals surface area contributed by atoms with E-state index < -0.39 is 0 Å². The molecule has 0 radical (unpaired) electrons. The lowest BCUT2D eigenvalue weighted by Gasteiger charge is -2.10. The number of aryl methyl sites for hydroxylation is 1. The van der Waals surface area contributed by atoms with Crippen molar-refractivity contribution in [3.63, 3.8) is 0 Å². The molecule has 0 amide bonds. The molecule has 0 aliphatic rings. The summed E-state index contributed by atoms with van der Waals surface area (Å²) in [5, 5.41) is 1.25. The first-order valence-electron chi connectivity index (χ1n) is 7.01. The summed E-state index contributed by atoms with van der Waals surface area (Å²) < 4.78 is 8.01. The zero-order valence-electron chi connectivity index (χ0n) is 12.0. The van der Waals surface area contributed by atoms with E-state index in [0.29, 0.717) is 12.2 Å². The summed E-state index contributed by atoms with van der Waals surface area (Å²) in [6, 6.07) is 17.7. The first-order chi connectivity index (χ1) is 10.3. The van der Waals surface area contributed by atoms with Gasteiger partial charge in [-0.1, -0.05) is 18.2 Å². The number of hydrogen-bond donors (Lipinski definition) is 0. The van der Waals surface area contributed by atoms with Gasteiger partial charge in [0.05, 0.1) is 6.54 Å². The number of para-hydroxylation sites is 1. The largest absolute Gasteiger partial charge is 0.492 e. The van der Waals surface area contributed by atoms with Gasteiger partial charge in [0.2, 0.25) is 0 Å². The Labute approximate surface area is 123 Å². The van der Waals surface area contributed by atoms with E-state index in [1.54, 1.807) is 12.1 Å². The molecule has 1 aromatic heterocycles. The highest BCUT2D eigenvalue weighted by Crippen LogP contribution is 2.19. The summed E-state index contributed by atoms with van der Waals surface area (Å²) in [7, 11) is 0. The second-order valence-corrected chi connectivity index (χ2v) is 5.03. The third kappa shape index (κ3) is 2.82. The summed E-state index contributed by atoms with van der Waals surface area (Å²) >= 11 is 0. The highest BCUT2D eigenvalue weighted by Gasteiger charge is 2.04. The van der Waals surface area contributed by atoms with E-state index in [2.05, 4.69) is 41.8 Å². The van der Waals surface area contributed by atoms with Gasteiger partial charge in [0.25, 0.3) is 0 Å². The van der Waals surface area contributed by atoms with Crippen LogP contribution in [-0.4, -0.2) is 17.5 Å². The Morgan fingerprint density at radius 1 is 1.10 bits per heavy atom. The fourth-order valence-electron chi connectivity index (χ4n) is 2.54. The van der Waals surface area contributed by atoms with Gasteiger partial charge in [0.1, 0.15) is 18.6 Å². The molecular weight excluding hydrogens is 262 g/mol. The highest BCUT2D eigenvalue weighted by atomic mass is 16.5. The van der Waals surface area contributed by atoms with Crippen LogP contribution >= 0.6 is 0 Å². The minimum Gasteiger partial charge on any atom is -0.492 e. The molecule has 3 aromatic rings. The smallest absolute Gasteiger partial charge is 0.150 e. The Bertz CT molecular complexity index is 756. The fraction of sp³-hybridized carbons (Fsp3) is 0.167. The SMILES string of the molecule is Cc1cc2ccccc2n1CCOc1ccc(C=O)cc1. The summed E-state index contributed by atoms with van der Waals surface area (Å²) in [6.45, 7) is 3.51. The predicted molar refractivity (Wildman–Crippen MR) is 84.0 cm³/mol. The van der Waals surface area contributed by atoms with Crippen LogP contribution in [0.2, 0.25) is 0 Å². The minimum absolute atomic E-state index is 0.597. The average Bonchev–Trinajstić information content (AvgIpc) is 2.84. The molecule has 3 rings (SSSR count). The van der Waals surface area contributed by atoms with Gasteiger partial charge in [-0.05, 0) is 48.7 Å². The van der Waals surface area contributed by atoms with Crippen LogP contribution in [-0.2, 0) is 6.54 Å². The number of ether oxygens (including phenoxy) is 1. The molecule has 0 saturated heterocycles. The van der Waals surface area contributed by atoms with Gasteiger partial charge in [-0.15, -0.1) is 0 Å². The number of fused-ring (bicyclic) bond motifs is 1. The molecule has 0 unspecified atom stereocenters. The van der Waals surface area contributed by atoms with E-state index >= 15 is 0 Å². The summed E-state index contributed by atoms with van der Waals surface area (Å²) in [4.78, 5) is 10.6. The molecule has 0 fully saturated rings.